The summed E-state index contributed by atoms with van der Waals surface area (Å²) in [5.41, 5.74) is 6.40. The number of thioether (sulfide) groups is 2. The second-order valence-electron chi connectivity index (χ2n) is 6.79. The van der Waals surface area contributed by atoms with Crippen LogP contribution in [0.3, 0.4) is 0 Å². The monoisotopic (exact) mass is 478 g/mol. The molecule has 0 saturated carbocycles. The van der Waals surface area contributed by atoms with Crippen molar-refractivity contribution in [2.24, 2.45) is 5.73 Å². The molecule has 1 aromatic rings. The molecule has 1 aromatic carbocycles. The lowest BCUT2D eigenvalue weighted by Gasteiger charge is -2.21. The maximum Gasteiger partial charge on any atom is 0.348 e. The fraction of sp³-hybridized carbons (Fsp3) is 0.409. The SMILES string of the molecule is C=C1CSCC(OCCOc2cc(C=C(C#N)C(=O)OCC)cc(C(N)=O)c2O)CSC1. The zero-order chi connectivity index (χ0) is 23.5. The van der Waals surface area contributed by atoms with Crippen molar-refractivity contribution in [2.45, 2.75) is 13.0 Å². The number of phenols is 1. The van der Waals surface area contributed by atoms with Crippen molar-refractivity contribution < 1.29 is 28.9 Å². The smallest absolute Gasteiger partial charge is 0.348 e. The van der Waals surface area contributed by atoms with Gasteiger partial charge in [-0.3, -0.25) is 4.79 Å². The van der Waals surface area contributed by atoms with Crippen LogP contribution in [0.5, 0.6) is 11.5 Å². The number of nitrogens with two attached hydrogens (primary N) is 1. The molecular weight excluding hydrogens is 452 g/mol. The number of primary amides is 1. The van der Waals surface area contributed by atoms with Crippen molar-refractivity contribution in [2.75, 3.05) is 42.8 Å². The molecule has 8 nitrogen and oxygen atoms in total. The van der Waals surface area contributed by atoms with Crippen LogP contribution in [0.25, 0.3) is 6.08 Å². The first-order valence-electron chi connectivity index (χ1n) is 9.88. The van der Waals surface area contributed by atoms with Gasteiger partial charge in [0.25, 0.3) is 5.91 Å². The van der Waals surface area contributed by atoms with Crippen molar-refractivity contribution in [1.82, 2.24) is 0 Å². The highest BCUT2D eigenvalue weighted by molar-refractivity contribution is 8.01. The van der Waals surface area contributed by atoms with Crippen molar-refractivity contribution in [3.63, 3.8) is 0 Å². The van der Waals surface area contributed by atoms with Crippen molar-refractivity contribution in [3.8, 4) is 17.6 Å². The van der Waals surface area contributed by atoms with Crippen LogP contribution in [0.2, 0.25) is 0 Å². The summed E-state index contributed by atoms with van der Waals surface area (Å²) in [6.45, 7) is 6.16. The fourth-order valence-electron chi connectivity index (χ4n) is 2.74. The number of carbonyl (C=O) groups is 2. The molecule has 0 bridgehead atoms. The third-order valence-corrected chi connectivity index (χ3v) is 6.64. The van der Waals surface area contributed by atoms with Gasteiger partial charge in [-0.15, -0.1) is 0 Å². The van der Waals surface area contributed by atoms with Crippen LogP contribution in [-0.4, -0.2) is 65.9 Å². The van der Waals surface area contributed by atoms with Gasteiger partial charge in [-0.25, -0.2) is 4.79 Å². The van der Waals surface area contributed by atoms with Gasteiger partial charge in [-0.2, -0.15) is 28.8 Å². The first-order chi connectivity index (χ1) is 15.3. The van der Waals surface area contributed by atoms with E-state index >= 15 is 0 Å². The van der Waals surface area contributed by atoms with Crippen LogP contribution in [-0.2, 0) is 14.3 Å². The number of amides is 1. The van der Waals surface area contributed by atoms with E-state index in [0.29, 0.717) is 0 Å². The number of hydrogen-bond acceptors (Lipinski definition) is 9. The molecule has 0 atom stereocenters. The van der Waals surface area contributed by atoms with Crippen molar-refractivity contribution >= 4 is 41.5 Å². The number of nitriles is 1. The van der Waals surface area contributed by atoms with E-state index in [2.05, 4.69) is 6.58 Å². The number of nitrogens with zero attached hydrogens (tertiary/aromatic N) is 1. The largest absolute Gasteiger partial charge is 0.504 e. The molecule has 10 heteroatoms. The number of esters is 1. The molecule has 1 saturated heterocycles. The number of benzene rings is 1. The second kappa shape index (κ2) is 13.1. The van der Waals surface area contributed by atoms with E-state index in [0.717, 1.165) is 23.0 Å². The standard InChI is InChI=1S/C22H26N2O6S2/c1-3-28-22(27)16(9-23)6-15-7-18(21(24)26)20(25)19(8-15)30-5-4-29-17-12-31-10-14(2)11-32-13-17/h6-8,17,25H,2-5,10-13H2,1H3,(H2,24,26). The van der Waals surface area contributed by atoms with Crippen molar-refractivity contribution in [1.29, 1.82) is 5.26 Å². The fourth-order valence-corrected chi connectivity index (χ4v) is 4.99. The van der Waals surface area contributed by atoms with Crippen LogP contribution in [0, 0.1) is 11.3 Å². The summed E-state index contributed by atoms with van der Waals surface area (Å²) in [6, 6.07) is 4.44. The van der Waals surface area contributed by atoms with Gasteiger partial charge in [0.1, 0.15) is 18.2 Å². The molecule has 1 aliphatic heterocycles. The number of ether oxygens (including phenoxy) is 3. The maximum absolute atomic E-state index is 11.9. The first kappa shape index (κ1) is 25.6. The molecule has 1 amide bonds. The Balaban J connectivity index is 2.08. The van der Waals surface area contributed by atoms with E-state index in [9.17, 15) is 20.0 Å². The molecule has 0 aliphatic carbocycles. The Morgan fingerprint density at radius 1 is 1.31 bits per heavy atom. The van der Waals surface area contributed by atoms with Crippen LogP contribution < -0.4 is 10.5 Å². The molecule has 0 aromatic heterocycles. The lowest BCUT2D eigenvalue weighted by molar-refractivity contribution is -0.137. The normalized spacial score (nSPS) is 15.4. The van der Waals surface area contributed by atoms with E-state index in [-0.39, 0.29) is 48.4 Å². The number of aromatic hydroxyl groups is 1. The van der Waals surface area contributed by atoms with E-state index in [4.69, 9.17) is 19.9 Å². The van der Waals surface area contributed by atoms with Gasteiger partial charge in [0, 0.05) is 23.0 Å². The molecule has 1 fully saturated rings. The van der Waals surface area contributed by atoms with Crippen LogP contribution in [0.15, 0.2) is 29.9 Å². The van der Waals surface area contributed by atoms with Gasteiger partial charge in [0.2, 0.25) is 0 Å². The Morgan fingerprint density at radius 2 is 2.00 bits per heavy atom. The highest BCUT2D eigenvalue weighted by atomic mass is 32.2. The Hall–Kier alpha value is -2.61. The highest BCUT2D eigenvalue weighted by Gasteiger charge is 2.18. The molecule has 1 aliphatic rings. The number of hydrogen-bond donors (Lipinski definition) is 2. The summed E-state index contributed by atoms with van der Waals surface area (Å²) in [5.74, 6) is 1.46. The molecule has 2 rings (SSSR count). The molecule has 1 heterocycles. The van der Waals surface area contributed by atoms with Crippen LogP contribution in [0.4, 0.5) is 0 Å². The van der Waals surface area contributed by atoms with Gasteiger partial charge in [0.15, 0.2) is 11.5 Å². The second-order valence-corrected chi connectivity index (χ2v) is 8.85. The zero-order valence-corrected chi connectivity index (χ0v) is 19.4. The van der Waals surface area contributed by atoms with Gasteiger partial charge in [0.05, 0.1) is 24.9 Å². The van der Waals surface area contributed by atoms with Gasteiger partial charge in [-0.1, -0.05) is 12.2 Å². The predicted molar refractivity (Wildman–Crippen MR) is 126 cm³/mol. The number of rotatable bonds is 9. The minimum Gasteiger partial charge on any atom is -0.504 e. The summed E-state index contributed by atoms with van der Waals surface area (Å²) in [4.78, 5) is 23.6. The minimum atomic E-state index is -0.876. The van der Waals surface area contributed by atoms with E-state index < -0.39 is 17.6 Å². The average Bonchev–Trinajstić information content (AvgIpc) is 2.74. The molecule has 0 unspecified atom stereocenters. The Morgan fingerprint density at radius 3 is 2.59 bits per heavy atom. The highest BCUT2D eigenvalue weighted by Crippen LogP contribution is 2.32. The van der Waals surface area contributed by atoms with Crippen molar-refractivity contribution in [3.05, 3.63) is 41.0 Å². The summed E-state index contributed by atoms with van der Waals surface area (Å²) in [7, 11) is 0. The first-order valence-corrected chi connectivity index (χ1v) is 12.2. The molecule has 172 valence electrons. The lowest BCUT2D eigenvalue weighted by atomic mass is 10.1. The summed E-state index contributed by atoms with van der Waals surface area (Å²) in [5, 5.41) is 19.6. The van der Waals surface area contributed by atoms with E-state index in [1.54, 1.807) is 36.5 Å². The minimum absolute atomic E-state index is 0.00462. The molecule has 0 spiro atoms. The predicted octanol–water partition coefficient (Wildman–Crippen LogP) is 2.76. The third-order valence-electron chi connectivity index (χ3n) is 4.20. The van der Waals surface area contributed by atoms with Gasteiger partial charge < -0.3 is 25.1 Å². The molecule has 32 heavy (non-hydrogen) atoms. The average molecular weight is 479 g/mol. The van der Waals surface area contributed by atoms with E-state index in [1.807, 2.05) is 0 Å². The van der Waals surface area contributed by atoms with Crippen LogP contribution in [0.1, 0.15) is 22.8 Å². The summed E-state index contributed by atoms with van der Waals surface area (Å²) >= 11 is 3.56. The van der Waals surface area contributed by atoms with E-state index in [1.165, 1.54) is 23.8 Å². The van der Waals surface area contributed by atoms with Gasteiger partial charge >= 0.3 is 5.97 Å². The zero-order valence-electron chi connectivity index (χ0n) is 17.8. The number of carbonyl (C=O) groups excluding carboxylic acids is 2. The Bertz CT molecular complexity index is 914. The lowest BCUT2D eigenvalue weighted by Crippen LogP contribution is -2.24. The molecular formula is C22H26N2O6S2. The summed E-state index contributed by atoms with van der Waals surface area (Å²) < 4.78 is 16.3. The summed E-state index contributed by atoms with van der Waals surface area (Å²) in [6.07, 6.45) is 1.32. The third kappa shape index (κ3) is 7.82. The molecule has 3 N–H and O–H groups in total. The quantitative estimate of drug-likeness (QED) is 0.181. The Kier molecular flexibility index (Phi) is 10.5. The molecule has 0 radical (unpaired) electrons. The van der Waals surface area contributed by atoms with Gasteiger partial charge in [-0.05, 0) is 30.7 Å². The maximum atomic E-state index is 11.9. The Labute approximate surface area is 195 Å². The van der Waals surface area contributed by atoms with Crippen LogP contribution >= 0.6 is 23.5 Å². The topological polar surface area (TPSA) is 132 Å².